The van der Waals surface area contributed by atoms with Crippen molar-refractivity contribution in [1.82, 2.24) is 19.2 Å². The minimum atomic E-state index is -0.135. The van der Waals surface area contributed by atoms with Gasteiger partial charge >= 0.3 is 0 Å². The molecule has 3 heterocycles. The van der Waals surface area contributed by atoms with Crippen molar-refractivity contribution in [2.75, 3.05) is 43.4 Å². The molecule has 1 fully saturated rings. The molecule has 1 aromatic carbocycles. The zero-order valence-corrected chi connectivity index (χ0v) is 21.2. The van der Waals surface area contributed by atoms with Crippen LogP contribution in [0.25, 0.3) is 11.9 Å². The van der Waals surface area contributed by atoms with Crippen molar-refractivity contribution in [3.05, 3.63) is 65.1 Å². The molecule has 1 saturated heterocycles. The third-order valence-electron chi connectivity index (χ3n) is 6.56. The Hall–Kier alpha value is -3.32. The van der Waals surface area contributed by atoms with Gasteiger partial charge in [0.2, 0.25) is 5.91 Å². The highest BCUT2D eigenvalue weighted by Crippen LogP contribution is 2.26. The summed E-state index contributed by atoms with van der Waals surface area (Å²) in [5.74, 6) is 0.897. The van der Waals surface area contributed by atoms with Crippen molar-refractivity contribution in [3.63, 3.8) is 0 Å². The molecular formula is C27H36N6O. The maximum atomic E-state index is 12.7. The van der Waals surface area contributed by atoms with E-state index in [1.54, 1.807) is 6.08 Å². The van der Waals surface area contributed by atoms with Crippen LogP contribution in [0.15, 0.2) is 42.6 Å². The van der Waals surface area contributed by atoms with Gasteiger partial charge < -0.3 is 19.7 Å². The topological polar surface area (TPSA) is 58.3 Å². The number of likely N-dealkylation sites (N-methyl/N-ethyl adjacent to an activating group) is 1. The number of anilines is 2. The number of aryl methyl sites for hydroxylation is 2. The van der Waals surface area contributed by atoms with Crippen LogP contribution < -0.4 is 10.2 Å². The zero-order chi connectivity index (χ0) is 24.4. The van der Waals surface area contributed by atoms with E-state index in [-0.39, 0.29) is 11.9 Å². The number of carbonyl (C=O) groups excluding carboxylic acids is 1. The number of hydrogen-bond donors (Lipinski definition) is 1. The predicted molar refractivity (Wildman–Crippen MR) is 140 cm³/mol. The molecule has 1 aliphatic rings. The number of aromatic nitrogens is 3. The highest BCUT2D eigenvalue weighted by atomic mass is 16.1. The third-order valence-corrected chi connectivity index (χ3v) is 6.56. The van der Waals surface area contributed by atoms with Gasteiger partial charge in [-0.05, 0) is 83.1 Å². The number of benzene rings is 1. The van der Waals surface area contributed by atoms with E-state index >= 15 is 0 Å². The second-order valence-corrected chi connectivity index (χ2v) is 9.50. The average molecular weight is 461 g/mol. The van der Waals surface area contributed by atoms with Gasteiger partial charge in [-0.3, -0.25) is 4.79 Å². The second-order valence-electron chi connectivity index (χ2n) is 9.50. The van der Waals surface area contributed by atoms with Gasteiger partial charge in [0, 0.05) is 67.1 Å². The largest absolute Gasteiger partial charge is 0.369 e. The van der Waals surface area contributed by atoms with Gasteiger partial charge in [0.1, 0.15) is 5.82 Å². The Bertz CT molecular complexity index is 1190. The van der Waals surface area contributed by atoms with Crippen LogP contribution >= 0.6 is 0 Å². The molecular weight excluding hydrogens is 424 g/mol. The minimum Gasteiger partial charge on any atom is -0.369 e. The lowest BCUT2D eigenvalue weighted by Gasteiger charge is -2.35. The van der Waals surface area contributed by atoms with Crippen LogP contribution in [0, 0.1) is 20.8 Å². The van der Waals surface area contributed by atoms with E-state index in [9.17, 15) is 4.79 Å². The molecule has 0 radical (unpaired) electrons. The van der Waals surface area contributed by atoms with E-state index < -0.39 is 0 Å². The first-order valence-electron chi connectivity index (χ1n) is 12.0. The molecule has 34 heavy (non-hydrogen) atoms. The molecule has 3 aromatic rings. The van der Waals surface area contributed by atoms with E-state index in [4.69, 9.17) is 0 Å². The van der Waals surface area contributed by atoms with Crippen LogP contribution in [-0.2, 0) is 4.79 Å². The summed E-state index contributed by atoms with van der Waals surface area (Å²) >= 11 is 0. The Labute approximate surface area is 202 Å². The minimum absolute atomic E-state index is 0.135. The molecule has 2 aromatic heterocycles. The number of hydrogen-bond acceptors (Lipinski definition) is 4. The van der Waals surface area contributed by atoms with Crippen LogP contribution in [0.3, 0.4) is 0 Å². The SMILES string of the molecule is Cc1cc(NC(=O)/C=C/c2cc(C)n(-c3ccnn3C(C)C)c2C)ccc1N1CCN(C)CC1. The maximum absolute atomic E-state index is 12.7. The fourth-order valence-corrected chi connectivity index (χ4v) is 4.68. The molecule has 0 spiro atoms. The molecule has 0 atom stereocenters. The third kappa shape index (κ3) is 4.94. The first-order valence-corrected chi connectivity index (χ1v) is 12.0. The summed E-state index contributed by atoms with van der Waals surface area (Å²) in [6.07, 6.45) is 5.32. The Kier molecular flexibility index (Phi) is 6.93. The van der Waals surface area contributed by atoms with Crippen molar-refractivity contribution in [3.8, 4) is 5.82 Å². The van der Waals surface area contributed by atoms with Crippen molar-refractivity contribution >= 4 is 23.4 Å². The summed E-state index contributed by atoms with van der Waals surface area (Å²) in [4.78, 5) is 17.4. The van der Waals surface area contributed by atoms with Crippen LogP contribution in [0.1, 0.15) is 42.4 Å². The molecule has 0 unspecified atom stereocenters. The first-order chi connectivity index (χ1) is 16.2. The molecule has 1 N–H and O–H groups in total. The van der Waals surface area contributed by atoms with Gasteiger partial charge in [-0.2, -0.15) is 5.10 Å². The van der Waals surface area contributed by atoms with Gasteiger partial charge in [-0.15, -0.1) is 0 Å². The average Bonchev–Trinajstić information content (AvgIpc) is 3.37. The van der Waals surface area contributed by atoms with Crippen molar-refractivity contribution in [1.29, 1.82) is 0 Å². The van der Waals surface area contributed by atoms with Crippen molar-refractivity contribution < 1.29 is 4.79 Å². The van der Waals surface area contributed by atoms with E-state index in [0.717, 1.165) is 54.6 Å². The summed E-state index contributed by atoms with van der Waals surface area (Å²) < 4.78 is 4.19. The van der Waals surface area contributed by atoms with Gasteiger partial charge in [0.05, 0.1) is 6.20 Å². The number of nitrogens with one attached hydrogen (secondary N) is 1. The molecule has 7 heteroatoms. The summed E-state index contributed by atoms with van der Waals surface area (Å²) in [5, 5.41) is 7.47. The summed E-state index contributed by atoms with van der Waals surface area (Å²) in [7, 11) is 2.16. The zero-order valence-electron chi connectivity index (χ0n) is 21.2. The first kappa shape index (κ1) is 23.8. The quantitative estimate of drug-likeness (QED) is 0.547. The molecule has 7 nitrogen and oxygen atoms in total. The lowest BCUT2D eigenvalue weighted by atomic mass is 10.1. The summed E-state index contributed by atoms with van der Waals surface area (Å²) in [6, 6.07) is 10.6. The van der Waals surface area contributed by atoms with Crippen LogP contribution in [0.4, 0.5) is 11.4 Å². The van der Waals surface area contributed by atoms with Crippen LogP contribution in [0.5, 0.6) is 0 Å². The van der Waals surface area contributed by atoms with Crippen molar-refractivity contribution in [2.24, 2.45) is 0 Å². The van der Waals surface area contributed by atoms with Crippen molar-refractivity contribution in [2.45, 2.75) is 40.7 Å². The van der Waals surface area contributed by atoms with Gasteiger partial charge in [-0.25, -0.2) is 4.68 Å². The fourth-order valence-electron chi connectivity index (χ4n) is 4.68. The Morgan fingerprint density at radius 1 is 1.06 bits per heavy atom. The number of carbonyl (C=O) groups is 1. The van der Waals surface area contributed by atoms with E-state index in [2.05, 4.69) is 84.6 Å². The highest BCUT2D eigenvalue weighted by Gasteiger charge is 2.17. The van der Waals surface area contributed by atoms with E-state index in [0.29, 0.717) is 0 Å². The lowest BCUT2D eigenvalue weighted by Crippen LogP contribution is -2.44. The smallest absolute Gasteiger partial charge is 0.248 e. The van der Waals surface area contributed by atoms with Gasteiger partial charge in [0.15, 0.2) is 0 Å². The molecule has 0 aliphatic carbocycles. The van der Waals surface area contributed by atoms with E-state index in [1.165, 1.54) is 11.3 Å². The highest BCUT2D eigenvalue weighted by molar-refractivity contribution is 6.02. The monoisotopic (exact) mass is 460 g/mol. The molecule has 180 valence electrons. The number of nitrogens with zero attached hydrogens (tertiary/aromatic N) is 5. The molecule has 1 amide bonds. The van der Waals surface area contributed by atoms with E-state index in [1.807, 2.05) is 29.1 Å². The fraction of sp³-hybridized carbons (Fsp3) is 0.407. The van der Waals surface area contributed by atoms with Gasteiger partial charge in [0.25, 0.3) is 0 Å². The summed E-state index contributed by atoms with van der Waals surface area (Å²) in [5.41, 5.74) is 6.44. The molecule has 1 aliphatic heterocycles. The number of amides is 1. The Morgan fingerprint density at radius 2 is 1.79 bits per heavy atom. The predicted octanol–water partition coefficient (Wildman–Crippen LogP) is 4.58. The standard InChI is InChI=1S/C27H36N6O/c1-19(2)33-27(11-12-28-33)32-21(4)18-23(22(32)5)7-10-26(34)29-24-8-9-25(20(3)17-24)31-15-13-30(6)14-16-31/h7-12,17-19H,13-16H2,1-6H3,(H,29,34)/b10-7+. The molecule has 4 rings (SSSR count). The van der Waals surface area contributed by atoms with Crippen LogP contribution in [0.2, 0.25) is 0 Å². The number of piperazine rings is 1. The van der Waals surface area contributed by atoms with Gasteiger partial charge in [-0.1, -0.05) is 0 Å². The second kappa shape index (κ2) is 9.89. The molecule has 0 bridgehead atoms. The van der Waals surface area contributed by atoms with Crippen LogP contribution in [-0.4, -0.2) is 58.4 Å². The Morgan fingerprint density at radius 3 is 2.47 bits per heavy atom. The summed E-state index contributed by atoms with van der Waals surface area (Å²) in [6.45, 7) is 14.7. The lowest BCUT2D eigenvalue weighted by molar-refractivity contribution is -0.111. The normalized spacial score (nSPS) is 15.0. The number of rotatable bonds is 6. The molecule has 0 saturated carbocycles. The maximum Gasteiger partial charge on any atom is 0.248 e. The Balaban J connectivity index is 1.46.